The van der Waals surface area contributed by atoms with E-state index in [1.54, 1.807) is 37.3 Å². The number of anilines is 1. The van der Waals surface area contributed by atoms with Gasteiger partial charge in [0.2, 0.25) is 11.8 Å². The lowest BCUT2D eigenvalue weighted by molar-refractivity contribution is -0.149. The molecule has 8 nitrogen and oxygen atoms in total. The molecular formula is C24H22IN5O3. The van der Waals surface area contributed by atoms with Crippen LogP contribution < -0.4 is 5.32 Å². The van der Waals surface area contributed by atoms with Crippen molar-refractivity contribution in [1.82, 2.24) is 10.2 Å². The Bertz CT molecular complexity index is 1220. The minimum absolute atomic E-state index is 0.255. The molecule has 1 unspecified atom stereocenters. The van der Waals surface area contributed by atoms with E-state index in [1.807, 2.05) is 19.9 Å². The normalized spacial score (nSPS) is 12.3. The fraction of sp³-hybridized carbons (Fsp3) is 0.292. The van der Waals surface area contributed by atoms with E-state index in [2.05, 4.69) is 50.2 Å². The highest BCUT2D eigenvalue weighted by molar-refractivity contribution is 14.1. The first-order chi connectivity index (χ1) is 15.9. The fourth-order valence-electron chi connectivity index (χ4n) is 3.18. The molecule has 33 heavy (non-hydrogen) atoms. The molecule has 0 saturated heterocycles. The predicted molar refractivity (Wildman–Crippen MR) is 130 cm³/mol. The van der Waals surface area contributed by atoms with E-state index in [1.165, 1.54) is 0 Å². The molecule has 9 heteroatoms. The molecule has 3 aromatic rings. The standard InChI is InChI=1S/C24H22IN5O3/c1-4-5-20(31)32-15(3)22(28-19-11-10-18(13-27)21(25)14(19)2)24-30-29-23(33-24)17-8-6-16(12-26)7-9-17/h6-11,15,22,28H,4-5H2,1-3H3/t15-,22?/m0/s1. The average Bonchev–Trinajstić information content (AvgIpc) is 3.30. The number of hydrogen-bond donors (Lipinski definition) is 1. The highest BCUT2D eigenvalue weighted by Gasteiger charge is 2.29. The van der Waals surface area contributed by atoms with Gasteiger partial charge in [-0.2, -0.15) is 10.5 Å². The number of carbonyl (C=O) groups excluding carboxylic acids is 1. The van der Waals surface area contributed by atoms with Crippen molar-refractivity contribution < 1.29 is 13.9 Å². The van der Waals surface area contributed by atoms with Crippen molar-refractivity contribution in [3.8, 4) is 23.6 Å². The Hall–Kier alpha value is -3.44. The summed E-state index contributed by atoms with van der Waals surface area (Å²) < 4.78 is 12.4. The molecule has 2 atom stereocenters. The predicted octanol–water partition coefficient (Wildman–Crippen LogP) is 5.28. The maximum atomic E-state index is 12.2. The van der Waals surface area contributed by atoms with Crippen LogP contribution in [0.25, 0.3) is 11.5 Å². The van der Waals surface area contributed by atoms with Crippen molar-refractivity contribution in [3.05, 3.63) is 62.5 Å². The SMILES string of the molecule is CCCC(=O)O[C@@H](C)C(Nc1ccc(C#N)c(I)c1C)c1nnc(-c2ccc(C#N)cc2)o1. The van der Waals surface area contributed by atoms with Crippen molar-refractivity contribution in [3.63, 3.8) is 0 Å². The number of esters is 1. The van der Waals surface area contributed by atoms with Gasteiger partial charge in [0, 0.05) is 21.2 Å². The first kappa shape index (κ1) is 24.2. The van der Waals surface area contributed by atoms with Crippen LogP contribution >= 0.6 is 22.6 Å². The lowest BCUT2D eigenvalue weighted by atomic mass is 10.1. The number of halogens is 1. The topological polar surface area (TPSA) is 125 Å². The largest absolute Gasteiger partial charge is 0.460 e. The maximum Gasteiger partial charge on any atom is 0.306 e. The minimum atomic E-state index is -0.618. The van der Waals surface area contributed by atoms with Crippen LogP contribution in [0.1, 0.15) is 55.3 Å². The number of ether oxygens (including phenoxy) is 1. The van der Waals surface area contributed by atoms with Crippen molar-refractivity contribution in [1.29, 1.82) is 10.5 Å². The molecule has 0 radical (unpaired) electrons. The maximum absolute atomic E-state index is 12.2. The molecule has 0 bridgehead atoms. The van der Waals surface area contributed by atoms with Crippen molar-refractivity contribution in [2.24, 2.45) is 0 Å². The van der Waals surface area contributed by atoms with E-state index in [9.17, 15) is 10.1 Å². The van der Waals surface area contributed by atoms with Crippen molar-refractivity contribution in [2.45, 2.75) is 45.8 Å². The second-order valence-corrected chi connectivity index (χ2v) is 8.49. The average molecular weight is 555 g/mol. The third-order valence-corrected chi connectivity index (χ3v) is 6.42. The molecule has 168 valence electrons. The minimum Gasteiger partial charge on any atom is -0.460 e. The van der Waals surface area contributed by atoms with E-state index >= 15 is 0 Å². The summed E-state index contributed by atoms with van der Waals surface area (Å²) in [5.41, 5.74) is 3.43. The smallest absolute Gasteiger partial charge is 0.306 e. The molecule has 0 aliphatic rings. The van der Waals surface area contributed by atoms with E-state index in [-0.39, 0.29) is 11.9 Å². The molecule has 1 heterocycles. The Morgan fingerprint density at radius 3 is 2.55 bits per heavy atom. The summed E-state index contributed by atoms with van der Waals surface area (Å²) in [5.74, 6) is 0.235. The number of benzene rings is 2. The van der Waals surface area contributed by atoms with Crippen molar-refractivity contribution in [2.75, 3.05) is 5.32 Å². The highest BCUT2D eigenvalue weighted by atomic mass is 127. The monoisotopic (exact) mass is 555 g/mol. The van der Waals surface area contributed by atoms with Crippen LogP contribution in [0.3, 0.4) is 0 Å². The summed E-state index contributed by atoms with van der Waals surface area (Å²) in [4.78, 5) is 12.2. The van der Waals surface area contributed by atoms with Gasteiger partial charge in [-0.25, -0.2) is 0 Å². The molecule has 3 rings (SSSR count). The zero-order valence-electron chi connectivity index (χ0n) is 18.4. The molecule has 0 amide bonds. The zero-order valence-corrected chi connectivity index (χ0v) is 20.6. The Kier molecular flexibility index (Phi) is 8.01. The molecule has 2 aromatic carbocycles. The lowest BCUT2D eigenvalue weighted by Crippen LogP contribution is -2.28. The summed E-state index contributed by atoms with van der Waals surface area (Å²) in [6.45, 7) is 5.58. The van der Waals surface area contributed by atoms with Gasteiger partial charge < -0.3 is 14.5 Å². The van der Waals surface area contributed by atoms with Gasteiger partial charge >= 0.3 is 5.97 Å². The summed E-state index contributed by atoms with van der Waals surface area (Å²) in [6.07, 6.45) is 0.386. The van der Waals surface area contributed by atoms with Gasteiger partial charge in [0.1, 0.15) is 18.2 Å². The highest BCUT2D eigenvalue weighted by Crippen LogP contribution is 2.31. The number of nitrogens with zero attached hydrogens (tertiary/aromatic N) is 4. The third kappa shape index (κ3) is 5.68. The summed E-state index contributed by atoms with van der Waals surface area (Å²) in [6, 6.07) is 14.0. The van der Waals surface area contributed by atoms with Gasteiger partial charge in [-0.3, -0.25) is 4.79 Å². The molecule has 0 aliphatic carbocycles. The Labute approximate surface area is 205 Å². The molecule has 0 aliphatic heterocycles. The molecule has 0 fully saturated rings. The van der Waals surface area contributed by atoms with Crippen LogP contribution in [0.4, 0.5) is 5.69 Å². The number of nitrogens with one attached hydrogen (secondary N) is 1. The number of nitriles is 2. The van der Waals surface area contributed by atoms with Gasteiger partial charge in [0.15, 0.2) is 0 Å². The Morgan fingerprint density at radius 2 is 1.91 bits per heavy atom. The number of hydrogen-bond acceptors (Lipinski definition) is 8. The van der Waals surface area contributed by atoms with E-state index in [4.69, 9.17) is 14.4 Å². The second-order valence-electron chi connectivity index (χ2n) is 7.41. The first-order valence-electron chi connectivity index (χ1n) is 10.4. The summed E-state index contributed by atoms with van der Waals surface area (Å²) >= 11 is 2.14. The van der Waals surface area contributed by atoms with Crippen LogP contribution in [0, 0.1) is 33.2 Å². The molecular weight excluding hydrogens is 533 g/mol. The van der Waals surface area contributed by atoms with Crippen LogP contribution in [-0.4, -0.2) is 22.3 Å². The van der Waals surface area contributed by atoms with E-state index in [0.717, 1.165) is 14.8 Å². The Morgan fingerprint density at radius 1 is 1.18 bits per heavy atom. The van der Waals surface area contributed by atoms with Crippen LogP contribution in [0.5, 0.6) is 0 Å². The van der Waals surface area contributed by atoms with E-state index < -0.39 is 12.1 Å². The zero-order chi connectivity index (χ0) is 24.0. The lowest BCUT2D eigenvalue weighted by Gasteiger charge is -2.24. The van der Waals surface area contributed by atoms with Gasteiger partial charge in [-0.05, 0) is 84.8 Å². The van der Waals surface area contributed by atoms with E-state index in [0.29, 0.717) is 35.4 Å². The number of aromatic nitrogens is 2. The molecule has 0 spiro atoms. The summed E-state index contributed by atoms with van der Waals surface area (Å²) in [5, 5.41) is 30.0. The third-order valence-electron chi connectivity index (χ3n) is 5.03. The van der Waals surface area contributed by atoms with Gasteiger partial charge in [-0.15, -0.1) is 10.2 Å². The van der Waals surface area contributed by atoms with Crippen LogP contribution in [-0.2, 0) is 9.53 Å². The van der Waals surface area contributed by atoms with Gasteiger partial charge in [0.25, 0.3) is 0 Å². The van der Waals surface area contributed by atoms with Gasteiger partial charge in [-0.1, -0.05) is 6.92 Å². The number of carbonyl (C=O) groups is 1. The first-order valence-corrected chi connectivity index (χ1v) is 11.4. The second kappa shape index (κ2) is 10.9. The number of rotatable bonds is 8. The molecule has 1 aromatic heterocycles. The van der Waals surface area contributed by atoms with Crippen LogP contribution in [0.15, 0.2) is 40.8 Å². The quantitative estimate of drug-likeness (QED) is 0.294. The van der Waals surface area contributed by atoms with Crippen molar-refractivity contribution >= 4 is 34.2 Å². The fourth-order valence-corrected chi connectivity index (χ4v) is 3.77. The molecule has 0 saturated carbocycles. The Balaban J connectivity index is 1.95. The molecule has 1 N–H and O–H groups in total. The van der Waals surface area contributed by atoms with Gasteiger partial charge in [0.05, 0.1) is 17.2 Å². The van der Waals surface area contributed by atoms with Crippen LogP contribution in [0.2, 0.25) is 0 Å². The summed E-state index contributed by atoms with van der Waals surface area (Å²) in [7, 11) is 0.